The maximum atomic E-state index is 10.7. The highest BCUT2D eigenvalue weighted by Gasteiger charge is 2.17. The van der Waals surface area contributed by atoms with Gasteiger partial charge in [-0.25, -0.2) is 9.78 Å². The van der Waals surface area contributed by atoms with Gasteiger partial charge in [-0.1, -0.05) is 27.7 Å². The SMILES string of the molecule is CC(C)C(CNCc1csc(C(=O)O)n1)C(C)C. The van der Waals surface area contributed by atoms with E-state index in [1.54, 1.807) is 5.38 Å². The lowest BCUT2D eigenvalue weighted by Gasteiger charge is -2.24. The number of carboxylic acid groups (broad SMARTS) is 1. The molecule has 0 amide bonds. The summed E-state index contributed by atoms with van der Waals surface area (Å²) in [6.07, 6.45) is 0. The van der Waals surface area contributed by atoms with Gasteiger partial charge in [-0.2, -0.15) is 0 Å². The molecule has 4 nitrogen and oxygen atoms in total. The Hall–Kier alpha value is -0.940. The summed E-state index contributed by atoms with van der Waals surface area (Å²) >= 11 is 1.18. The molecule has 1 rings (SSSR count). The third-order valence-electron chi connectivity index (χ3n) is 3.13. The lowest BCUT2D eigenvalue weighted by Crippen LogP contribution is -2.29. The van der Waals surface area contributed by atoms with E-state index in [1.165, 1.54) is 11.3 Å². The predicted octanol–water partition coefficient (Wildman–Crippen LogP) is 2.86. The van der Waals surface area contributed by atoms with E-state index < -0.39 is 5.97 Å². The van der Waals surface area contributed by atoms with Gasteiger partial charge in [0.25, 0.3) is 0 Å². The van der Waals surface area contributed by atoms with E-state index in [9.17, 15) is 4.79 Å². The first-order valence-corrected chi connectivity index (χ1v) is 7.18. The number of thiazole rings is 1. The summed E-state index contributed by atoms with van der Waals surface area (Å²) in [7, 11) is 0. The second kappa shape index (κ2) is 6.85. The lowest BCUT2D eigenvalue weighted by atomic mass is 9.85. The first-order valence-electron chi connectivity index (χ1n) is 6.30. The normalized spacial score (nSPS) is 11.7. The van der Waals surface area contributed by atoms with E-state index in [2.05, 4.69) is 38.0 Å². The number of aromatic nitrogens is 1. The van der Waals surface area contributed by atoms with Crippen LogP contribution in [0.4, 0.5) is 0 Å². The average molecular weight is 270 g/mol. The van der Waals surface area contributed by atoms with Crippen molar-refractivity contribution in [1.82, 2.24) is 10.3 Å². The fourth-order valence-corrected chi connectivity index (χ4v) is 2.75. The third kappa shape index (κ3) is 4.38. The van der Waals surface area contributed by atoms with Crippen LogP contribution in [-0.4, -0.2) is 22.6 Å². The minimum Gasteiger partial charge on any atom is -0.476 e. The van der Waals surface area contributed by atoms with Crippen LogP contribution in [0.3, 0.4) is 0 Å². The first-order chi connectivity index (χ1) is 8.41. The van der Waals surface area contributed by atoms with Gasteiger partial charge in [0.15, 0.2) is 0 Å². The molecule has 0 aliphatic rings. The van der Waals surface area contributed by atoms with E-state index in [1.807, 2.05) is 0 Å². The average Bonchev–Trinajstić information content (AvgIpc) is 2.71. The number of hydrogen-bond acceptors (Lipinski definition) is 4. The molecule has 18 heavy (non-hydrogen) atoms. The van der Waals surface area contributed by atoms with Crippen LogP contribution >= 0.6 is 11.3 Å². The van der Waals surface area contributed by atoms with Gasteiger partial charge in [0.1, 0.15) is 0 Å². The number of nitrogens with zero attached hydrogens (tertiary/aromatic N) is 1. The van der Waals surface area contributed by atoms with Gasteiger partial charge in [0.2, 0.25) is 5.01 Å². The molecule has 0 atom stereocenters. The highest BCUT2D eigenvalue weighted by Crippen LogP contribution is 2.19. The van der Waals surface area contributed by atoms with Crippen LogP contribution in [0.25, 0.3) is 0 Å². The second-order valence-corrected chi connectivity index (χ2v) is 6.09. The Bertz CT molecular complexity index is 380. The third-order valence-corrected chi connectivity index (χ3v) is 4.01. The summed E-state index contributed by atoms with van der Waals surface area (Å²) in [5.74, 6) is 0.959. The van der Waals surface area contributed by atoms with Crippen molar-refractivity contribution in [3.63, 3.8) is 0 Å². The van der Waals surface area contributed by atoms with Gasteiger partial charge >= 0.3 is 5.97 Å². The number of hydrogen-bond donors (Lipinski definition) is 2. The van der Waals surface area contributed by atoms with Crippen LogP contribution in [0.2, 0.25) is 0 Å². The fourth-order valence-electron chi connectivity index (χ4n) is 2.09. The molecule has 0 spiro atoms. The predicted molar refractivity (Wildman–Crippen MR) is 73.9 cm³/mol. The Morgan fingerprint density at radius 1 is 1.39 bits per heavy atom. The van der Waals surface area contributed by atoms with Gasteiger partial charge in [0, 0.05) is 11.9 Å². The minimum atomic E-state index is -0.950. The zero-order valence-corrected chi connectivity index (χ0v) is 12.3. The van der Waals surface area contributed by atoms with E-state index in [0.717, 1.165) is 12.2 Å². The topological polar surface area (TPSA) is 62.2 Å². The highest BCUT2D eigenvalue weighted by atomic mass is 32.1. The molecule has 0 unspecified atom stereocenters. The molecule has 1 aromatic heterocycles. The summed E-state index contributed by atoms with van der Waals surface area (Å²) in [4.78, 5) is 14.8. The van der Waals surface area contributed by atoms with Crippen molar-refractivity contribution in [2.24, 2.45) is 17.8 Å². The minimum absolute atomic E-state index is 0.163. The zero-order valence-electron chi connectivity index (χ0n) is 11.4. The molecule has 0 aliphatic heterocycles. The van der Waals surface area contributed by atoms with Crippen molar-refractivity contribution >= 4 is 17.3 Å². The Labute approximate surface area is 112 Å². The molecule has 2 N–H and O–H groups in total. The summed E-state index contributed by atoms with van der Waals surface area (Å²) in [5.41, 5.74) is 0.809. The van der Waals surface area contributed by atoms with Crippen LogP contribution in [0.1, 0.15) is 43.2 Å². The molecular weight excluding hydrogens is 248 g/mol. The number of nitrogens with one attached hydrogen (secondary N) is 1. The molecule has 0 saturated heterocycles. The van der Waals surface area contributed by atoms with Crippen LogP contribution in [0.5, 0.6) is 0 Å². The van der Waals surface area contributed by atoms with E-state index in [0.29, 0.717) is 24.3 Å². The van der Waals surface area contributed by atoms with E-state index in [-0.39, 0.29) is 5.01 Å². The van der Waals surface area contributed by atoms with Crippen molar-refractivity contribution in [2.75, 3.05) is 6.54 Å². The first kappa shape index (κ1) is 15.1. The molecule has 1 aromatic rings. The molecule has 0 saturated carbocycles. The van der Waals surface area contributed by atoms with Crippen molar-refractivity contribution in [2.45, 2.75) is 34.2 Å². The Balaban J connectivity index is 2.42. The summed E-state index contributed by atoms with van der Waals surface area (Å²) in [6.45, 7) is 10.5. The van der Waals surface area contributed by atoms with E-state index >= 15 is 0 Å². The zero-order chi connectivity index (χ0) is 13.7. The van der Waals surface area contributed by atoms with Gasteiger partial charge in [-0.05, 0) is 24.3 Å². The monoisotopic (exact) mass is 270 g/mol. The number of carboxylic acids is 1. The molecule has 5 heteroatoms. The van der Waals surface area contributed by atoms with Gasteiger partial charge in [-0.3, -0.25) is 0 Å². The number of aromatic carboxylic acids is 1. The Kier molecular flexibility index (Phi) is 5.75. The van der Waals surface area contributed by atoms with Crippen molar-refractivity contribution in [3.8, 4) is 0 Å². The molecule has 0 bridgehead atoms. The summed E-state index contributed by atoms with van der Waals surface area (Å²) in [5, 5.41) is 14.1. The van der Waals surface area contributed by atoms with Gasteiger partial charge in [-0.15, -0.1) is 11.3 Å². The standard InChI is InChI=1S/C13H22N2O2S/c1-8(2)11(9(3)4)6-14-5-10-7-18-12(15-10)13(16)17/h7-9,11,14H,5-6H2,1-4H3,(H,16,17). The smallest absolute Gasteiger partial charge is 0.365 e. The Morgan fingerprint density at radius 2 is 2.00 bits per heavy atom. The van der Waals surface area contributed by atoms with Crippen LogP contribution in [0.15, 0.2) is 5.38 Å². The van der Waals surface area contributed by atoms with E-state index in [4.69, 9.17) is 5.11 Å². The van der Waals surface area contributed by atoms with Gasteiger partial charge in [0.05, 0.1) is 5.69 Å². The number of rotatable bonds is 7. The Morgan fingerprint density at radius 3 is 2.44 bits per heavy atom. The molecule has 1 heterocycles. The summed E-state index contributed by atoms with van der Waals surface area (Å²) < 4.78 is 0. The van der Waals surface area contributed by atoms with Crippen LogP contribution in [-0.2, 0) is 6.54 Å². The molecule has 0 aromatic carbocycles. The molecule has 0 fully saturated rings. The second-order valence-electron chi connectivity index (χ2n) is 5.23. The molecule has 0 radical (unpaired) electrons. The molecule has 102 valence electrons. The quantitative estimate of drug-likeness (QED) is 0.799. The fraction of sp³-hybridized carbons (Fsp3) is 0.692. The van der Waals surface area contributed by atoms with Crippen LogP contribution < -0.4 is 5.32 Å². The largest absolute Gasteiger partial charge is 0.476 e. The lowest BCUT2D eigenvalue weighted by molar-refractivity contribution is 0.0696. The maximum Gasteiger partial charge on any atom is 0.365 e. The molecule has 0 aliphatic carbocycles. The van der Waals surface area contributed by atoms with Crippen LogP contribution in [0, 0.1) is 17.8 Å². The van der Waals surface area contributed by atoms with Gasteiger partial charge < -0.3 is 10.4 Å². The molecular formula is C13H22N2O2S. The maximum absolute atomic E-state index is 10.7. The summed E-state index contributed by atoms with van der Waals surface area (Å²) in [6, 6.07) is 0. The van der Waals surface area contributed by atoms with Crippen molar-refractivity contribution < 1.29 is 9.90 Å². The van der Waals surface area contributed by atoms with Crippen molar-refractivity contribution in [1.29, 1.82) is 0 Å². The highest BCUT2D eigenvalue weighted by molar-refractivity contribution is 7.11. The number of carbonyl (C=O) groups is 1. The van der Waals surface area contributed by atoms with Crippen molar-refractivity contribution in [3.05, 3.63) is 16.1 Å².